The minimum atomic E-state index is 0.713. The molecule has 94 valence electrons. The van der Waals surface area contributed by atoms with Gasteiger partial charge < -0.3 is 10.2 Å². The summed E-state index contributed by atoms with van der Waals surface area (Å²) in [6.45, 7) is 7.28. The van der Waals surface area contributed by atoms with E-state index in [9.17, 15) is 0 Å². The predicted octanol–water partition coefficient (Wildman–Crippen LogP) is 1.96. The zero-order chi connectivity index (χ0) is 12.1. The number of nitrogens with one attached hydrogen (secondary N) is 1. The first-order valence-electron chi connectivity index (χ1n) is 6.63. The Balaban J connectivity index is 2.15. The molecule has 1 fully saturated rings. The van der Waals surface area contributed by atoms with Crippen LogP contribution in [0.1, 0.15) is 38.7 Å². The lowest BCUT2D eigenvalue weighted by Crippen LogP contribution is -2.29. The summed E-state index contributed by atoms with van der Waals surface area (Å²) < 4.78 is 0. The highest BCUT2D eigenvalue weighted by molar-refractivity contribution is 5.47. The Kier molecular flexibility index (Phi) is 4.31. The van der Waals surface area contributed by atoms with Gasteiger partial charge in [-0.15, -0.1) is 0 Å². The molecule has 1 saturated carbocycles. The maximum Gasteiger partial charge on any atom is 0.136 e. The highest BCUT2D eigenvalue weighted by atomic mass is 15.2. The van der Waals surface area contributed by atoms with Crippen molar-refractivity contribution in [1.29, 1.82) is 0 Å². The summed E-state index contributed by atoms with van der Waals surface area (Å²) >= 11 is 0. The summed E-state index contributed by atoms with van der Waals surface area (Å²) in [7, 11) is 0. The lowest BCUT2D eigenvalue weighted by Gasteiger charge is -2.25. The Hall–Kier alpha value is -1.16. The second-order valence-corrected chi connectivity index (χ2v) is 4.58. The lowest BCUT2D eigenvalue weighted by molar-refractivity contribution is 0.698. The normalized spacial score (nSPS) is 14.9. The monoisotopic (exact) mass is 234 g/mol. The van der Waals surface area contributed by atoms with E-state index in [1.165, 1.54) is 24.8 Å². The fourth-order valence-electron chi connectivity index (χ4n) is 2.08. The van der Waals surface area contributed by atoms with Crippen LogP contribution in [0.3, 0.4) is 0 Å². The summed E-state index contributed by atoms with van der Waals surface area (Å²) in [5, 5.41) is 3.35. The quantitative estimate of drug-likeness (QED) is 0.783. The maximum absolute atomic E-state index is 4.49. The largest absolute Gasteiger partial charge is 0.353 e. The first-order chi connectivity index (χ1) is 8.36. The second kappa shape index (κ2) is 5.96. The van der Waals surface area contributed by atoms with Crippen LogP contribution >= 0.6 is 0 Å². The molecule has 0 spiro atoms. The van der Waals surface area contributed by atoms with Gasteiger partial charge in [0.25, 0.3) is 0 Å². The molecule has 0 saturated heterocycles. The van der Waals surface area contributed by atoms with E-state index >= 15 is 0 Å². The molecule has 0 radical (unpaired) electrons. The molecule has 0 amide bonds. The Morgan fingerprint density at radius 3 is 2.88 bits per heavy atom. The fraction of sp³-hybridized carbons (Fsp3) is 0.692. The number of rotatable bonds is 7. The number of hydrogen-bond donors (Lipinski definition) is 1. The van der Waals surface area contributed by atoms with Crippen LogP contribution < -0.4 is 10.2 Å². The fourth-order valence-corrected chi connectivity index (χ4v) is 2.08. The van der Waals surface area contributed by atoms with Gasteiger partial charge in [-0.1, -0.05) is 13.8 Å². The number of nitrogens with zero attached hydrogens (tertiary/aromatic N) is 3. The van der Waals surface area contributed by atoms with Crippen LogP contribution in [0.5, 0.6) is 0 Å². The smallest absolute Gasteiger partial charge is 0.136 e. The van der Waals surface area contributed by atoms with Gasteiger partial charge in [-0.05, 0) is 25.8 Å². The van der Waals surface area contributed by atoms with Gasteiger partial charge in [0.1, 0.15) is 12.1 Å². The van der Waals surface area contributed by atoms with Crippen molar-refractivity contribution >= 4 is 5.82 Å². The molecule has 0 bridgehead atoms. The van der Waals surface area contributed by atoms with Crippen molar-refractivity contribution < 1.29 is 0 Å². The van der Waals surface area contributed by atoms with Crippen molar-refractivity contribution in [2.75, 3.05) is 18.0 Å². The molecule has 2 rings (SSSR count). The minimum absolute atomic E-state index is 0.713. The second-order valence-electron chi connectivity index (χ2n) is 4.58. The highest BCUT2D eigenvalue weighted by Gasteiger charge is 2.30. The van der Waals surface area contributed by atoms with Crippen LogP contribution in [0.15, 0.2) is 12.5 Å². The van der Waals surface area contributed by atoms with Crippen LogP contribution in [0.4, 0.5) is 5.82 Å². The van der Waals surface area contributed by atoms with E-state index in [0.29, 0.717) is 6.04 Å². The zero-order valence-electron chi connectivity index (χ0n) is 10.8. The topological polar surface area (TPSA) is 41.1 Å². The average Bonchev–Trinajstić information content (AvgIpc) is 3.18. The van der Waals surface area contributed by atoms with E-state index in [1.807, 2.05) is 6.20 Å². The molecule has 1 aromatic rings. The Bertz CT molecular complexity index is 349. The van der Waals surface area contributed by atoms with Gasteiger partial charge in [0, 0.05) is 30.9 Å². The van der Waals surface area contributed by atoms with Gasteiger partial charge in [-0.3, -0.25) is 0 Å². The molecule has 0 atom stereocenters. The van der Waals surface area contributed by atoms with Gasteiger partial charge in [0.15, 0.2) is 0 Å². The van der Waals surface area contributed by atoms with E-state index in [0.717, 1.165) is 25.5 Å². The molecule has 4 heteroatoms. The Labute approximate surface area is 103 Å². The van der Waals surface area contributed by atoms with Crippen LogP contribution in [0, 0.1) is 0 Å². The van der Waals surface area contributed by atoms with E-state index in [2.05, 4.69) is 34.0 Å². The molecule has 17 heavy (non-hydrogen) atoms. The summed E-state index contributed by atoms with van der Waals surface area (Å²) in [4.78, 5) is 11.1. The molecular weight excluding hydrogens is 212 g/mol. The van der Waals surface area contributed by atoms with Crippen LogP contribution in [-0.2, 0) is 6.54 Å². The molecule has 1 N–H and O–H groups in total. The summed E-state index contributed by atoms with van der Waals surface area (Å²) in [6, 6.07) is 0.713. The van der Waals surface area contributed by atoms with Crippen molar-refractivity contribution in [2.45, 2.75) is 45.7 Å². The maximum atomic E-state index is 4.49. The van der Waals surface area contributed by atoms with Crippen molar-refractivity contribution in [1.82, 2.24) is 15.3 Å². The number of hydrogen-bond acceptors (Lipinski definition) is 4. The van der Waals surface area contributed by atoms with Gasteiger partial charge in [0.2, 0.25) is 0 Å². The molecule has 0 aliphatic heterocycles. The van der Waals surface area contributed by atoms with E-state index < -0.39 is 0 Å². The van der Waals surface area contributed by atoms with Crippen LogP contribution in [-0.4, -0.2) is 29.1 Å². The lowest BCUT2D eigenvalue weighted by atomic mass is 10.2. The number of anilines is 1. The van der Waals surface area contributed by atoms with Crippen molar-refractivity contribution in [2.24, 2.45) is 0 Å². The molecule has 0 aromatic carbocycles. The van der Waals surface area contributed by atoms with E-state index in [-0.39, 0.29) is 0 Å². The predicted molar refractivity (Wildman–Crippen MR) is 70.1 cm³/mol. The summed E-state index contributed by atoms with van der Waals surface area (Å²) in [5.74, 6) is 1.13. The summed E-state index contributed by atoms with van der Waals surface area (Å²) in [5.41, 5.74) is 1.22. The van der Waals surface area contributed by atoms with Gasteiger partial charge in [0.05, 0.1) is 0 Å². The number of aromatic nitrogens is 2. The SMILES string of the molecule is CCCN(c1ncncc1CNCC)C1CC1. The third-order valence-electron chi connectivity index (χ3n) is 3.05. The first kappa shape index (κ1) is 12.3. The molecule has 1 heterocycles. The van der Waals surface area contributed by atoms with Gasteiger partial charge >= 0.3 is 0 Å². The zero-order valence-corrected chi connectivity index (χ0v) is 10.8. The van der Waals surface area contributed by atoms with Gasteiger partial charge in [-0.2, -0.15) is 0 Å². The standard InChI is InChI=1S/C13H22N4/c1-3-7-17(12-5-6-12)13-11(8-14-4-2)9-15-10-16-13/h9-10,12,14H,3-8H2,1-2H3. The summed E-state index contributed by atoms with van der Waals surface area (Å²) in [6.07, 6.45) is 7.39. The molecule has 1 aliphatic carbocycles. The molecular formula is C13H22N4. The molecule has 1 aliphatic rings. The Morgan fingerprint density at radius 2 is 2.24 bits per heavy atom. The molecule has 0 unspecified atom stereocenters. The van der Waals surface area contributed by atoms with Crippen molar-refractivity contribution in [3.05, 3.63) is 18.1 Å². The average molecular weight is 234 g/mol. The van der Waals surface area contributed by atoms with Crippen molar-refractivity contribution in [3.8, 4) is 0 Å². The van der Waals surface area contributed by atoms with Gasteiger partial charge in [-0.25, -0.2) is 9.97 Å². The van der Waals surface area contributed by atoms with Crippen molar-refractivity contribution in [3.63, 3.8) is 0 Å². The third kappa shape index (κ3) is 3.16. The van der Waals surface area contributed by atoms with E-state index in [1.54, 1.807) is 6.33 Å². The third-order valence-corrected chi connectivity index (χ3v) is 3.05. The van der Waals surface area contributed by atoms with Crippen LogP contribution in [0.2, 0.25) is 0 Å². The highest BCUT2D eigenvalue weighted by Crippen LogP contribution is 2.32. The van der Waals surface area contributed by atoms with E-state index in [4.69, 9.17) is 0 Å². The van der Waals surface area contributed by atoms with Crippen LogP contribution in [0.25, 0.3) is 0 Å². The molecule has 4 nitrogen and oxygen atoms in total. The minimum Gasteiger partial charge on any atom is -0.353 e. The molecule has 1 aromatic heterocycles. The Morgan fingerprint density at radius 1 is 1.41 bits per heavy atom. The first-order valence-corrected chi connectivity index (χ1v) is 6.63.